The van der Waals surface area contributed by atoms with Crippen LogP contribution in [0.4, 0.5) is 0 Å². The molecule has 0 aliphatic carbocycles. The van der Waals surface area contributed by atoms with E-state index in [0.29, 0.717) is 18.8 Å². The quantitative estimate of drug-likeness (QED) is 0.743. The molecule has 1 fully saturated rings. The first-order valence-electron chi connectivity index (χ1n) is 8.07. The lowest BCUT2D eigenvalue weighted by atomic mass is 9.99. The molecular weight excluding hydrogens is 314 g/mol. The van der Waals surface area contributed by atoms with Crippen LogP contribution >= 0.6 is 11.3 Å². The fourth-order valence-corrected chi connectivity index (χ4v) is 3.68. The Bertz CT molecular complexity index is 544. The zero-order chi connectivity index (χ0) is 16.8. The number of aromatic nitrogens is 1. The maximum Gasteiger partial charge on any atom is 0.307 e. The first-order valence-corrected chi connectivity index (χ1v) is 8.95. The maximum absolute atomic E-state index is 12.8. The molecule has 1 saturated heterocycles. The van der Waals surface area contributed by atoms with Gasteiger partial charge in [-0.1, -0.05) is 0 Å². The van der Waals surface area contributed by atoms with Crippen LogP contribution in [-0.2, 0) is 16.1 Å². The summed E-state index contributed by atoms with van der Waals surface area (Å²) < 4.78 is 5.03. The number of rotatable bonds is 6. The van der Waals surface area contributed by atoms with Crippen LogP contribution in [0.3, 0.4) is 0 Å². The number of esters is 1. The monoisotopic (exact) mass is 339 g/mol. The average molecular weight is 339 g/mol. The van der Waals surface area contributed by atoms with Crippen molar-refractivity contribution in [2.75, 3.05) is 27.2 Å². The highest BCUT2D eigenvalue weighted by molar-refractivity contribution is 7.09. The van der Waals surface area contributed by atoms with Gasteiger partial charge in [0, 0.05) is 24.5 Å². The molecule has 0 saturated carbocycles. The Hall–Kier alpha value is -1.47. The summed E-state index contributed by atoms with van der Waals surface area (Å²) >= 11 is 1.50. The van der Waals surface area contributed by atoms with Crippen molar-refractivity contribution in [3.63, 3.8) is 0 Å². The van der Waals surface area contributed by atoms with Gasteiger partial charge in [-0.2, -0.15) is 0 Å². The highest BCUT2D eigenvalue weighted by Crippen LogP contribution is 2.23. The van der Waals surface area contributed by atoms with Crippen molar-refractivity contribution in [3.05, 3.63) is 16.1 Å². The van der Waals surface area contributed by atoms with Gasteiger partial charge < -0.3 is 14.5 Å². The molecule has 1 aliphatic rings. The van der Waals surface area contributed by atoms with Gasteiger partial charge in [-0.3, -0.25) is 9.59 Å². The van der Waals surface area contributed by atoms with Crippen molar-refractivity contribution in [2.24, 2.45) is 0 Å². The Morgan fingerprint density at radius 3 is 2.91 bits per heavy atom. The summed E-state index contributed by atoms with van der Waals surface area (Å²) in [5.41, 5.74) is 0.489. The van der Waals surface area contributed by atoms with Gasteiger partial charge in [0.05, 0.1) is 13.0 Å². The van der Waals surface area contributed by atoms with Crippen molar-refractivity contribution in [2.45, 2.75) is 45.2 Å². The first-order chi connectivity index (χ1) is 11.0. The second-order valence-electron chi connectivity index (χ2n) is 6.02. The van der Waals surface area contributed by atoms with Crippen molar-refractivity contribution in [1.82, 2.24) is 14.8 Å². The van der Waals surface area contributed by atoms with Crippen LogP contribution < -0.4 is 0 Å². The van der Waals surface area contributed by atoms with Crippen LogP contribution in [0.2, 0.25) is 0 Å². The molecule has 1 amide bonds. The lowest BCUT2D eigenvalue weighted by Gasteiger charge is -2.34. The maximum atomic E-state index is 12.8. The number of hydrogen-bond donors (Lipinski definition) is 0. The van der Waals surface area contributed by atoms with Gasteiger partial charge in [0.25, 0.3) is 5.91 Å². The topological polar surface area (TPSA) is 62.7 Å². The summed E-state index contributed by atoms with van der Waals surface area (Å²) in [5.74, 6) is -0.302. The van der Waals surface area contributed by atoms with Crippen molar-refractivity contribution in [3.8, 4) is 0 Å². The van der Waals surface area contributed by atoms with Gasteiger partial charge in [0.2, 0.25) is 0 Å². The molecule has 6 nitrogen and oxygen atoms in total. The molecular formula is C16H25N3O3S. The summed E-state index contributed by atoms with van der Waals surface area (Å²) in [5, 5.41) is 2.74. The molecule has 1 aromatic rings. The molecule has 0 spiro atoms. The number of nitrogens with zero attached hydrogens (tertiary/aromatic N) is 3. The number of amides is 1. The number of ether oxygens (including phenoxy) is 1. The molecule has 128 valence electrons. The number of carbonyl (C=O) groups excluding carboxylic acids is 2. The van der Waals surface area contributed by atoms with Gasteiger partial charge >= 0.3 is 5.97 Å². The van der Waals surface area contributed by atoms with Crippen LogP contribution in [0.25, 0.3) is 0 Å². The van der Waals surface area contributed by atoms with Gasteiger partial charge in [0.1, 0.15) is 10.7 Å². The van der Waals surface area contributed by atoms with Crippen molar-refractivity contribution in [1.29, 1.82) is 0 Å². The smallest absolute Gasteiger partial charge is 0.307 e. The molecule has 1 atom stereocenters. The Labute approximate surface area is 141 Å². The third-order valence-corrected chi connectivity index (χ3v) is 4.65. The summed E-state index contributed by atoms with van der Waals surface area (Å²) in [6.45, 7) is 3.58. The largest absolute Gasteiger partial charge is 0.466 e. The van der Waals surface area contributed by atoms with Crippen LogP contribution in [0.1, 0.15) is 48.1 Å². The normalized spacial score (nSPS) is 18.3. The van der Waals surface area contributed by atoms with Crippen LogP contribution in [0, 0.1) is 0 Å². The van der Waals surface area contributed by atoms with E-state index in [1.807, 2.05) is 24.4 Å². The van der Waals surface area contributed by atoms with Crippen LogP contribution in [-0.4, -0.2) is 59.9 Å². The van der Waals surface area contributed by atoms with E-state index in [1.54, 1.807) is 11.8 Å². The van der Waals surface area contributed by atoms with Gasteiger partial charge in [0.15, 0.2) is 0 Å². The van der Waals surface area contributed by atoms with E-state index < -0.39 is 0 Å². The predicted molar refractivity (Wildman–Crippen MR) is 89.4 cm³/mol. The minimum Gasteiger partial charge on any atom is -0.466 e. The van der Waals surface area contributed by atoms with E-state index >= 15 is 0 Å². The second kappa shape index (κ2) is 8.40. The van der Waals surface area contributed by atoms with Crippen LogP contribution in [0.5, 0.6) is 0 Å². The van der Waals surface area contributed by atoms with Crippen LogP contribution in [0.15, 0.2) is 5.38 Å². The molecule has 2 heterocycles. The minimum absolute atomic E-state index is 0.0692. The number of piperidine rings is 1. The molecule has 23 heavy (non-hydrogen) atoms. The van der Waals surface area contributed by atoms with Crippen molar-refractivity contribution >= 4 is 23.2 Å². The van der Waals surface area contributed by atoms with Gasteiger partial charge in [-0.25, -0.2) is 4.98 Å². The predicted octanol–water partition coefficient (Wildman–Crippen LogP) is 2.15. The number of thiazole rings is 1. The molecule has 0 aromatic carbocycles. The van der Waals surface area contributed by atoms with E-state index in [0.717, 1.165) is 30.8 Å². The minimum atomic E-state index is -0.233. The summed E-state index contributed by atoms with van der Waals surface area (Å²) in [7, 11) is 3.95. The number of hydrogen-bond acceptors (Lipinski definition) is 6. The molecule has 7 heteroatoms. The van der Waals surface area contributed by atoms with Gasteiger partial charge in [-0.05, 0) is 40.3 Å². The molecule has 2 rings (SSSR count). The Morgan fingerprint density at radius 1 is 1.43 bits per heavy atom. The van der Waals surface area contributed by atoms with Crippen molar-refractivity contribution < 1.29 is 14.3 Å². The molecule has 1 unspecified atom stereocenters. The Balaban J connectivity index is 2.05. The number of likely N-dealkylation sites (tertiary alicyclic amines) is 1. The van der Waals surface area contributed by atoms with E-state index in [2.05, 4.69) is 4.98 Å². The fourth-order valence-electron chi connectivity index (χ4n) is 2.79. The molecule has 0 bridgehead atoms. The lowest BCUT2D eigenvalue weighted by molar-refractivity contribution is -0.144. The zero-order valence-electron chi connectivity index (χ0n) is 14.1. The Morgan fingerprint density at radius 2 is 2.22 bits per heavy atom. The number of carbonyl (C=O) groups is 2. The third-order valence-electron chi connectivity index (χ3n) is 3.82. The van der Waals surface area contributed by atoms with Gasteiger partial charge in [-0.15, -0.1) is 11.3 Å². The highest BCUT2D eigenvalue weighted by atomic mass is 32.1. The first kappa shape index (κ1) is 17.9. The highest BCUT2D eigenvalue weighted by Gasteiger charge is 2.30. The molecule has 1 aliphatic heterocycles. The fraction of sp³-hybridized carbons (Fsp3) is 0.688. The standard InChI is InChI=1S/C16H25N3O3S/c1-4-22-15(20)9-12-7-5-6-8-19(12)16(21)13-11-23-14(17-13)10-18(2)3/h11-12H,4-10H2,1-3H3. The third kappa shape index (κ3) is 5.00. The summed E-state index contributed by atoms with van der Waals surface area (Å²) in [6.07, 6.45) is 3.13. The molecule has 1 aromatic heterocycles. The van der Waals surface area contributed by atoms with E-state index in [1.165, 1.54) is 11.3 Å². The summed E-state index contributed by atoms with van der Waals surface area (Å²) in [4.78, 5) is 32.8. The zero-order valence-corrected chi connectivity index (χ0v) is 14.9. The Kier molecular flexibility index (Phi) is 6.53. The lowest BCUT2D eigenvalue weighted by Crippen LogP contribution is -2.45. The summed E-state index contributed by atoms with van der Waals surface area (Å²) in [6, 6.07) is -0.0747. The molecule has 0 radical (unpaired) electrons. The SMILES string of the molecule is CCOC(=O)CC1CCCCN1C(=O)c1csc(CN(C)C)n1. The molecule has 0 N–H and O–H groups in total. The van der Waals surface area contributed by atoms with E-state index in [-0.39, 0.29) is 24.3 Å². The second-order valence-corrected chi connectivity index (χ2v) is 6.96. The van der Waals surface area contributed by atoms with E-state index in [4.69, 9.17) is 4.74 Å². The average Bonchev–Trinajstić information content (AvgIpc) is 2.95. The van der Waals surface area contributed by atoms with E-state index in [9.17, 15) is 9.59 Å².